The van der Waals surface area contributed by atoms with E-state index in [4.69, 9.17) is 5.11 Å². The van der Waals surface area contributed by atoms with Gasteiger partial charge in [0, 0.05) is 19.3 Å². The zero-order valence-electron chi connectivity index (χ0n) is 11.9. The maximum Gasteiger partial charge on any atom is 0.308 e. The van der Waals surface area contributed by atoms with Gasteiger partial charge in [-0.2, -0.15) is 0 Å². The van der Waals surface area contributed by atoms with Crippen molar-refractivity contribution in [2.45, 2.75) is 39.0 Å². The van der Waals surface area contributed by atoms with Gasteiger partial charge in [-0.25, -0.2) is 0 Å². The van der Waals surface area contributed by atoms with E-state index >= 15 is 0 Å². The van der Waals surface area contributed by atoms with Gasteiger partial charge in [0.1, 0.15) is 0 Å². The Balaban J connectivity index is 2.10. The molecule has 1 aliphatic rings. The number of anilines is 1. The second-order valence-corrected chi connectivity index (χ2v) is 5.48. The number of hydrogen-bond acceptors (Lipinski definition) is 2. The summed E-state index contributed by atoms with van der Waals surface area (Å²) >= 11 is 0. The SMILES string of the molecule is CCC(CN(C)c1ccc2c(c1)CCCC2)C(=O)O. The Bertz CT molecular complexity index is 456. The minimum Gasteiger partial charge on any atom is -0.481 e. The Morgan fingerprint density at radius 3 is 2.63 bits per heavy atom. The summed E-state index contributed by atoms with van der Waals surface area (Å²) in [6.45, 7) is 2.50. The predicted molar refractivity (Wildman–Crippen MR) is 77.8 cm³/mol. The Morgan fingerprint density at radius 1 is 1.32 bits per heavy atom. The molecule has 1 aromatic rings. The lowest BCUT2D eigenvalue weighted by Gasteiger charge is -2.25. The molecule has 0 bridgehead atoms. The van der Waals surface area contributed by atoms with Crippen LogP contribution in [0.3, 0.4) is 0 Å². The van der Waals surface area contributed by atoms with Crippen molar-refractivity contribution in [3.8, 4) is 0 Å². The van der Waals surface area contributed by atoms with E-state index in [2.05, 4.69) is 23.1 Å². The molecule has 0 fully saturated rings. The second-order valence-electron chi connectivity index (χ2n) is 5.48. The summed E-state index contributed by atoms with van der Waals surface area (Å²) < 4.78 is 0. The summed E-state index contributed by atoms with van der Waals surface area (Å²) in [5.41, 5.74) is 4.05. The topological polar surface area (TPSA) is 40.5 Å². The molecule has 0 aliphatic heterocycles. The molecule has 1 atom stereocenters. The van der Waals surface area contributed by atoms with Crippen LogP contribution in [0.5, 0.6) is 0 Å². The molecule has 1 aromatic carbocycles. The van der Waals surface area contributed by atoms with E-state index < -0.39 is 5.97 Å². The molecule has 2 rings (SSSR count). The van der Waals surface area contributed by atoms with Crippen LogP contribution in [0.25, 0.3) is 0 Å². The first-order chi connectivity index (χ1) is 9.11. The third kappa shape index (κ3) is 3.28. The molecule has 104 valence electrons. The first kappa shape index (κ1) is 13.9. The van der Waals surface area contributed by atoms with Gasteiger partial charge < -0.3 is 10.0 Å². The Kier molecular flexibility index (Phi) is 4.46. The fourth-order valence-electron chi connectivity index (χ4n) is 2.78. The maximum atomic E-state index is 11.1. The lowest BCUT2D eigenvalue weighted by molar-refractivity contribution is -0.141. The summed E-state index contributed by atoms with van der Waals surface area (Å²) in [4.78, 5) is 13.2. The van der Waals surface area contributed by atoms with E-state index in [9.17, 15) is 4.79 Å². The molecule has 0 saturated heterocycles. The minimum absolute atomic E-state index is 0.291. The van der Waals surface area contributed by atoms with Crippen LogP contribution < -0.4 is 4.90 Å². The summed E-state index contributed by atoms with van der Waals surface area (Å²) in [5.74, 6) is -0.992. The molecule has 0 saturated carbocycles. The number of aliphatic carboxylic acids is 1. The molecule has 0 spiro atoms. The number of nitrogens with zero attached hydrogens (tertiary/aromatic N) is 1. The van der Waals surface area contributed by atoms with Gasteiger partial charge in [0.2, 0.25) is 0 Å². The van der Waals surface area contributed by atoms with Gasteiger partial charge in [-0.15, -0.1) is 0 Å². The Morgan fingerprint density at radius 2 is 2.00 bits per heavy atom. The highest BCUT2D eigenvalue weighted by Crippen LogP contribution is 2.26. The van der Waals surface area contributed by atoms with E-state index in [1.54, 1.807) is 0 Å². The van der Waals surface area contributed by atoms with Crippen LogP contribution in [0.15, 0.2) is 18.2 Å². The van der Waals surface area contributed by atoms with Crippen molar-refractivity contribution < 1.29 is 9.90 Å². The fourth-order valence-corrected chi connectivity index (χ4v) is 2.78. The zero-order valence-corrected chi connectivity index (χ0v) is 11.9. The summed E-state index contributed by atoms with van der Waals surface area (Å²) in [6.07, 6.45) is 5.58. The van der Waals surface area contributed by atoms with Crippen molar-refractivity contribution in [2.75, 3.05) is 18.5 Å². The highest BCUT2D eigenvalue weighted by atomic mass is 16.4. The fraction of sp³-hybridized carbons (Fsp3) is 0.562. The Labute approximate surface area is 115 Å². The summed E-state index contributed by atoms with van der Waals surface area (Å²) in [6, 6.07) is 6.57. The largest absolute Gasteiger partial charge is 0.481 e. The third-order valence-electron chi connectivity index (χ3n) is 4.11. The zero-order chi connectivity index (χ0) is 13.8. The maximum absolute atomic E-state index is 11.1. The van der Waals surface area contributed by atoms with Crippen LogP contribution in [0.4, 0.5) is 5.69 Å². The number of carboxylic acid groups (broad SMARTS) is 1. The van der Waals surface area contributed by atoms with E-state index in [0.29, 0.717) is 13.0 Å². The molecular weight excluding hydrogens is 238 g/mol. The van der Waals surface area contributed by atoms with Gasteiger partial charge in [-0.05, 0) is 55.4 Å². The van der Waals surface area contributed by atoms with Crippen molar-refractivity contribution in [3.63, 3.8) is 0 Å². The molecule has 3 heteroatoms. The van der Waals surface area contributed by atoms with Crippen molar-refractivity contribution in [2.24, 2.45) is 5.92 Å². The number of carbonyl (C=O) groups is 1. The van der Waals surface area contributed by atoms with Crippen LogP contribution in [-0.2, 0) is 17.6 Å². The molecule has 19 heavy (non-hydrogen) atoms. The lowest BCUT2D eigenvalue weighted by atomic mass is 9.91. The molecule has 0 amide bonds. The normalized spacial score (nSPS) is 15.7. The van der Waals surface area contributed by atoms with Crippen molar-refractivity contribution in [3.05, 3.63) is 29.3 Å². The average molecular weight is 261 g/mol. The molecule has 1 unspecified atom stereocenters. The first-order valence-electron chi connectivity index (χ1n) is 7.17. The van der Waals surface area contributed by atoms with Crippen molar-refractivity contribution >= 4 is 11.7 Å². The van der Waals surface area contributed by atoms with Gasteiger partial charge in [-0.1, -0.05) is 13.0 Å². The molecular formula is C16H23NO2. The van der Waals surface area contributed by atoms with Gasteiger partial charge >= 0.3 is 5.97 Å². The molecule has 0 aromatic heterocycles. The minimum atomic E-state index is -0.702. The van der Waals surface area contributed by atoms with Gasteiger partial charge in [-0.3, -0.25) is 4.79 Å². The number of aryl methyl sites for hydroxylation is 2. The molecule has 3 nitrogen and oxygen atoms in total. The van der Waals surface area contributed by atoms with Crippen molar-refractivity contribution in [1.82, 2.24) is 0 Å². The van der Waals surface area contributed by atoms with Crippen LogP contribution in [0, 0.1) is 5.92 Å². The van der Waals surface area contributed by atoms with Crippen LogP contribution >= 0.6 is 0 Å². The number of rotatable bonds is 5. The summed E-state index contributed by atoms with van der Waals surface area (Å²) in [7, 11) is 1.98. The average Bonchev–Trinajstić information content (AvgIpc) is 2.43. The predicted octanol–water partition coefficient (Wildman–Crippen LogP) is 3.11. The number of carboxylic acids is 1. The van der Waals surface area contributed by atoms with E-state index in [-0.39, 0.29) is 5.92 Å². The number of hydrogen-bond donors (Lipinski definition) is 1. The quantitative estimate of drug-likeness (QED) is 0.885. The monoisotopic (exact) mass is 261 g/mol. The van der Waals surface area contributed by atoms with Gasteiger partial charge in [0.05, 0.1) is 5.92 Å². The van der Waals surface area contributed by atoms with Crippen LogP contribution in [-0.4, -0.2) is 24.7 Å². The van der Waals surface area contributed by atoms with Gasteiger partial charge in [0.15, 0.2) is 0 Å². The number of benzene rings is 1. The second kappa shape index (κ2) is 6.09. The van der Waals surface area contributed by atoms with Crippen LogP contribution in [0.1, 0.15) is 37.3 Å². The van der Waals surface area contributed by atoms with E-state index in [0.717, 1.165) is 12.1 Å². The molecule has 1 N–H and O–H groups in total. The molecule has 1 aliphatic carbocycles. The number of fused-ring (bicyclic) bond motifs is 1. The van der Waals surface area contributed by atoms with Gasteiger partial charge in [0.25, 0.3) is 0 Å². The highest BCUT2D eigenvalue weighted by molar-refractivity contribution is 5.71. The smallest absolute Gasteiger partial charge is 0.308 e. The van der Waals surface area contributed by atoms with E-state index in [1.165, 1.54) is 30.4 Å². The first-order valence-corrected chi connectivity index (χ1v) is 7.17. The Hall–Kier alpha value is -1.51. The van der Waals surface area contributed by atoms with Crippen molar-refractivity contribution in [1.29, 1.82) is 0 Å². The molecule has 0 radical (unpaired) electrons. The van der Waals surface area contributed by atoms with E-state index in [1.807, 2.05) is 14.0 Å². The molecule has 0 heterocycles. The summed E-state index contributed by atoms with van der Waals surface area (Å²) in [5, 5.41) is 9.13. The third-order valence-corrected chi connectivity index (χ3v) is 4.11. The highest BCUT2D eigenvalue weighted by Gasteiger charge is 2.18. The van der Waals surface area contributed by atoms with Crippen LogP contribution in [0.2, 0.25) is 0 Å². The standard InChI is InChI=1S/C16H23NO2/c1-3-12(16(18)19)11-17(2)15-9-8-13-6-4-5-7-14(13)10-15/h8-10,12H,3-7,11H2,1-2H3,(H,18,19). The lowest BCUT2D eigenvalue weighted by Crippen LogP contribution is -2.30.